The van der Waals surface area contributed by atoms with Crippen LogP contribution in [0.4, 0.5) is 4.79 Å². The first-order valence-corrected chi connectivity index (χ1v) is 6.58. The molecule has 22 heavy (non-hydrogen) atoms. The summed E-state index contributed by atoms with van der Waals surface area (Å²) in [6, 6.07) is 5.82. The molecule has 0 heterocycles. The summed E-state index contributed by atoms with van der Waals surface area (Å²) in [7, 11) is 0. The Kier molecular flexibility index (Phi) is 6.68. The lowest BCUT2D eigenvalue weighted by Gasteiger charge is -2.14. The molecule has 1 aromatic carbocycles. The lowest BCUT2D eigenvalue weighted by Crippen LogP contribution is -2.42. The van der Waals surface area contributed by atoms with Crippen molar-refractivity contribution in [2.45, 2.75) is 20.0 Å². The molecule has 120 valence electrons. The van der Waals surface area contributed by atoms with Gasteiger partial charge in [-0.1, -0.05) is 12.1 Å². The minimum absolute atomic E-state index is 0.385. The van der Waals surface area contributed by atoms with Crippen LogP contribution in [-0.4, -0.2) is 37.2 Å². The number of para-hydroxylation sites is 2. The number of hydrogen-bond donors (Lipinski definition) is 2. The van der Waals surface area contributed by atoms with E-state index in [2.05, 4.69) is 0 Å². The first-order valence-electron chi connectivity index (χ1n) is 6.58. The molecule has 0 fully saturated rings. The SMILES string of the molecule is CCOc1ccccc1OCC(=O)O[C@@H](C)C(=O)NC(N)=O. The van der Waals surface area contributed by atoms with Gasteiger partial charge in [-0.25, -0.2) is 9.59 Å². The first-order chi connectivity index (χ1) is 10.4. The number of primary amides is 1. The fraction of sp³-hybridized carbons (Fsp3) is 0.357. The van der Waals surface area contributed by atoms with Crippen molar-refractivity contribution in [3.05, 3.63) is 24.3 Å². The molecule has 0 aliphatic rings. The Labute approximate surface area is 127 Å². The normalized spacial score (nSPS) is 11.2. The topological polar surface area (TPSA) is 117 Å². The maximum absolute atomic E-state index is 11.6. The summed E-state index contributed by atoms with van der Waals surface area (Å²) < 4.78 is 15.4. The molecule has 0 bridgehead atoms. The van der Waals surface area contributed by atoms with Crippen LogP contribution < -0.4 is 20.5 Å². The van der Waals surface area contributed by atoms with Crippen LogP contribution in [0.15, 0.2) is 24.3 Å². The molecule has 3 amide bonds. The van der Waals surface area contributed by atoms with Crippen LogP contribution >= 0.6 is 0 Å². The highest BCUT2D eigenvalue weighted by Gasteiger charge is 2.19. The molecule has 8 heteroatoms. The van der Waals surface area contributed by atoms with Crippen molar-refractivity contribution >= 4 is 17.9 Å². The summed E-state index contributed by atoms with van der Waals surface area (Å²) >= 11 is 0. The molecule has 0 spiro atoms. The number of esters is 1. The smallest absolute Gasteiger partial charge is 0.344 e. The second-order valence-corrected chi connectivity index (χ2v) is 4.15. The van der Waals surface area contributed by atoms with E-state index in [1.807, 2.05) is 12.2 Å². The Balaban J connectivity index is 2.49. The van der Waals surface area contributed by atoms with Crippen molar-refractivity contribution < 1.29 is 28.6 Å². The maximum atomic E-state index is 11.6. The molecule has 0 aliphatic carbocycles. The van der Waals surface area contributed by atoms with Gasteiger partial charge in [0.15, 0.2) is 24.2 Å². The minimum Gasteiger partial charge on any atom is -0.490 e. The number of rotatable bonds is 7. The monoisotopic (exact) mass is 310 g/mol. The van der Waals surface area contributed by atoms with Gasteiger partial charge in [-0.3, -0.25) is 10.1 Å². The maximum Gasteiger partial charge on any atom is 0.344 e. The third-order valence-corrected chi connectivity index (χ3v) is 2.42. The summed E-state index contributed by atoms with van der Waals surface area (Å²) in [5.41, 5.74) is 4.79. The Hall–Kier alpha value is -2.77. The molecule has 0 aliphatic heterocycles. The fourth-order valence-electron chi connectivity index (χ4n) is 1.49. The second-order valence-electron chi connectivity index (χ2n) is 4.15. The average molecular weight is 310 g/mol. The highest BCUT2D eigenvalue weighted by molar-refractivity contribution is 5.96. The number of benzene rings is 1. The average Bonchev–Trinajstić information content (AvgIpc) is 2.46. The predicted molar refractivity (Wildman–Crippen MR) is 76.4 cm³/mol. The Morgan fingerprint density at radius 1 is 1.18 bits per heavy atom. The van der Waals surface area contributed by atoms with Crippen LogP contribution in [0.25, 0.3) is 0 Å². The van der Waals surface area contributed by atoms with Gasteiger partial charge in [0.1, 0.15) is 0 Å². The summed E-state index contributed by atoms with van der Waals surface area (Å²) in [5.74, 6) is -0.693. The molecule has 0 unspecified atom stereocenters. The molecule has 0 saturated heterocycles. The quantitative estimate of drug-likeness (QED) is 0.712. The van der Waals surface area contributed by atoms with Crippen molar-refractivity contribution in [1.29, 1.82) is 0 Å². The number of carbonyl (C=O) groups excluding carboxylic acids is 3. The van der Waals surface area contributed by atoms with E-state index in [0.29, 0.717) is 18.1 Å². The van der Waals surface area contributed by atoms with Crippen LogP contribution in [0.3, 0.4) is 0 Å². The molecule has 0 radical (unpaired) electrons. The van der Waals surface area contributed by atoms with Crippen molar-refractivity contribution in [1.82, 2.24) is 5.32 Å². The second kappa shape index (κ2) is 8.50. The Morgan fingerprint density at radius 2 is 1.77 bits per heavy atom. The molecule has 8 nitrogen and oxygen atoms in total. The third-order valence-electron chi connectivity index (χ3n) is 2.42. The molecule has 1 aromatic rings. The van der Waals surface area contributed by atoms with Crippen LogP contribution in [0.1, 0.15) is 13.8 Å². The van der Waals surface area contributed by atoms with Gasteiger partial charge in [0.2, 0.25) is 0 Å². The molecule has 1 rings (SSSR count). The molecular formula is C14H18N2O6. The first kappa shape index (κ1) is 17.3. The number of urea groups is 1. The highest BCUT2D eigenvalue weighted by atomic mass is 16.6. The zero-order valence-corrected chi connectivity index (χ0v) is 12.3. The summed E-state index contributed by atoms with van der Waals surface area (Å²) in [5, 5.41) is 1.81. The molecule has 0 aromatic heterocycles. The molecule has 1 atom stereocenters. The van der Waals surface area contributed by atoms with E-state index in [0.717, 1.165) is 0 Å². The number of hydrogen-bond acceptors (Lipinski definition) is 6. The number of nitrogens with one attached hydrogen (secondary N) is 1. The number of carbonyl (C=O) groups is 3. The van der Waals surface area contributed by atoms with Crippen molar-refractivity contribution in [3.8, 4) is 11.5 Å². The summed E-state index contributed by atoms with van der Waals surface area (Å²) in [4.78, 5) is 33.5. The van der Waals surface area contributed by atoms with E-state index >= 15 is 0 Å². The van der Waals surface area contributed by atoms with Gasteiger partial charge in [0, 0.05) is 0 Å². The van der Waals surface area contributed by atoms with Crippen LogP contribution in [0, 0.1) is 0 Å². The van der Waals surface area contributed by atoms with Crippen molar-refractivity contribution in [2.75, 3.05) is 13.2 Å². The van der Waals surface area contributed by atoms with Gasteiger partial charge in [0.25, 0.3) is 5.91 Å². The van der Waals surface area contributed by atoms with E-state index in [-0.39, 0.29) is 0 Å². The number of imide groups is 1. The van der Waals surface area contributed by atoms with Crippen molar-refractivity contribution in [2.24, 2.45) is 5.73 Å². The lowest BCUT2D eigenvalue weighted by molar-refractivity contribution is -0.156. The predicted octanol–water partition coefficient (Wildman–Crippen LogP) is 0.591. The lowest BCUT2D eigenvalue weighted by atomic mass is 10.3. The van der Waals surface area contributed by atoms with Gasteiger partial charge >= 0.3 is 12.0 Å². The van der Waals surface area contributed by atoms with E-state index < -0.39 is 30.6 Å². The van der Waals surface area contributed by atoms with Gasteiger partial charge in [-0.15, -0.1) is 0 Å². The minimum atomic E-state index is -1.16. The standard InChI is InChI=1S/C14H18N2O6/c1-3-20-10-6-4-5-7-11(10)21-8-12(17)22-9(2)13(18)16-14(15)19/h4-7,9H,3,8H2,1-2H3,(H3,15,16,18,19)/t9-/m0/s1. The van der Waals surface area contributed by atoms with Gasteiger partial charge in [-0.05, 0) is 26.0 Å². The largest absolute Gasteiger partial charge is 0.490 e. The number of amides is 3. The molecule has 0 saturated carbocycles. The van der Waals surface area contributed by atoms with Gasteiger partial charge in [-0.2, -0.15) is 0 Å². The summed E-state index contributed by atoms with van der Waals surface area (Å²) in [6.45, 7) is 3.18. The zero-order chi connectivity index (χ0) is 16.5. The van der Waals surface area contributed by atoms with Crippen molar-refractivity contribution in [3.63, 3.8) is 0 Å². The Morgan fingerprint density at radius 3 is 2.32 bits per heavy atom. The molecular weight excluding hydrogens is 292 g/mol. The fourth-order valence-corrected chi connectivity index (χ4v) is 1.49. The summed E-state index contributed by atoms with van der Waals surface area (Å²) in [6.07, 6.45) is -1.16. The van der Waals surface area contributed by atoms with E-state index in [1.54, 1.807) is 24.3 Å². The molecule has 3 N–H and O–H groups in total. The number of nitrogens with two attached hydrogens (primary N) is 1. The van der Waals surface area contributed by atoms with Crippen LogP contribution in [-0.2, 0) is 14.3 Å². The van der Waals surface area contributed by atoms with E-state index in [9.17, 15) is 14.4 Å². The van der Waals surface area contributed by atoms with E-state index in [4.69, 9.17) is 19.9 Å². The van der Waals surface area contributed by atoms with E-state index in [1.165, 1.54) is 6.92 Å². The zero-order valence-electron chi connectivity index (χ0n) is 12.3. The highest BCUT2D eigenvalue weighted by Crippen LogP contribution is 2.26. The third kappa shape index (κ3) is 5.70. The van der Waals surface area contributed by atoms with Gasteiger partial charge < -0.3 is 19.9 Å². The number of ether oxygens (including phenoxy) is 3. The van der Waals surface area contributed by atoms with Crippen LogP contribution in [0.2, 0.25) is 0 Å². The van der Waals surface area contributed by atoms with Gasteiger partial charge in [0.05, 0.1) is 6.61 Å². The Bertz CT molecular complexity index is 546. The van der Waals surface area contributed by atoms with Crippen LogP contribution in [0.5, 0.6) is 11.5 Å².